The van der Waals surface area contributed by atoms with Crippen molar-refractivity contribution in [3.05, 3.63) is 72.6 Å². The van der Waals surface area contributed by atoms with E-state index < -0.39 is 0 Å². The summed E-state index contributed by atoms with van der Waals surface area (Å²) in [6.07, 6.45) is 6.07. The van der Waals surface area contributed by atoms with E-state index in [0.717, 1.165) is 30.4 Å². The summed E-state index contributed by atoms with van der Waals surface area (Å²) in [4.78, 5) is 15.0. The summed E-state index contributed by atoms with van der Waals surface area (Å²) in [5, 5.41) is 7.19. The quantitative estimate of drug-likeness (QED) is 0.752. The lowest BCUT2D eigenvalue weighted by atomic mass is 9.98. The first-order valence-corrected chi connectivity index (χ1v) is 9.45. The van der Waals surface area contributed by atoms with Crippen LogP contribution in [0.5, 0.6) is 0 Å². The second kappa shape index (κ2) is 7.66. The Morgan fingerprint density at radius 2 is 1.81 bits per heavy atom. The standard InChI is InChI=1S/C22H24N4O/c1-17-10-14-25(15-11-17)20-8-6-18(7-9-20)22(27)24-19-4-2-5-21(16-19)26-13-3-12-23-26/h2-9,12-13,16-17H,10-11,14-15H2,1H3,(H,24,27). The van der Waals surface area contributed by atoms with Gasteiger partial charge in [-0.25, -0.2) is 4.68 Å². The number of aromatic nitrogens is 2. The zero-order valence-corrected chi connectivity index (χ0v) is 15.5. The molecule has 3 aromatic rings. The van der Waals surface area contributed by atoms with Crippen molar-refractivity contribution in [3.63, 3.8) is 0 Å². The number of piperidine rings is 1. The van der Waals surface area contributed by atoms with E-state index in [1.54, 1.807) is 10.9 Å². The van der Waals surface area contributed by atoms with E-state index >= 15 is 0 Å². The average Bonchev–Trinajstić information content (AvgIpc) is 3.24. The third-order valence-electron chi connectivity index (χ3n) is 5.15. The van der Waals surface area contributed by atoms with E-state index in [1.807, 2.05) is 60.8 Å². The van der Waals surface area contributed by atoms with Crippen LogP contribution in [0.4, 0.5) is 11.4 Å². The van der Waals surface area contributed by atoms with Crippen LogP contribution in [0.15, 0.2) is 67.0 Å². The summed E-state index contributed by atoms with van der Waals surface area (Å²) < 4.78 is 1.77. The summed E-state index contributed by atoms with van der Waals surface area (Å²) >= 11 is 0. The van der Waals surface area contributed by atoms with Crippen molar-refractivity contribution in [1.29, 1.82) is 0 Å². The van der Waals surface area contributed by atoms with Gasteiger partial charge in [-0.2, -0.15) is 5.10 Å². The maximum Gasteiger partial charge on any atom is 0.255 e. The highest BCUT2D eigenvalue weighted by atomic mass is 16.1. The van der Waals surface area contributed by atoms with Crippen LogP contribution in [0.25, 0.3) is 5.69 Å². The van der Waals surface area contributed by atoms with Crippen LogP contribution in [0.1, 0.15) is 30.1 Å². The number of carbonyl (C=O) groups excluding carboxylic acids is 1. The molecule has 1 aromatic heterocycles. The van der Waals surface area contributed by atoms with E-state index in [-0.39, 0.29) is 5.91 Å². The van der Waals surface area contributed by atoms with Crippen molar-refractivity contribution in [2.24, 2.45) is 5.92 Å². The first kappa shape index (κ1) is 17.3. The number of nitrogens with one attached hydrogen (secondary N) is 1. The van der Waals surface area contributed by atoms with Crippen molar-refractivity contribution >= 4 is 17.3 Å². The molecule has 2 heterocycles. The molecule has 0 saturated carbocycles. The van der Waals surface area contributed by atoms with Gasteiger partial charge in [-0.3, -0.25) is 4.79 Å². The van der Waals surface area contributed by atoms with Crippen LogP contribution in [0.2, 0.25) is 0 Å². The van der Waals surface area contributed by atoms with Crippen molar-refractivity contribution in [3.8, 4) is 5.69 Å². The minimum absolute atomic E-state index is 0.105. The van der Waals surface area contributed by atoms with Gasteiger partial charge < -0.3 is 10.2 Å². The molecule has 27 heavy (non-hydrogen) atoms. The number of nitrogens with zero attached hydrogens (tertiary/aromatic N) is 3. The third-order valence-corrected chi connectivity index (χ3v) is 5.15. The summed E-state index contributed by atoms with van der Waals surface area (Å²) in [5.74, 6) is 0.704. The molecule has 1 aliphatic rings. The van der Waals surface area contributed by atoms with E-state index in [1.165, 1.54) is 18.5 Å². The Bertz CT molecular complexity index is 894. The number of carbonyl (C=O) groups is 1. The van der Waals surface area contributed by atoms with Crippen molar-refractivity contribution in [2.75, 3.05) is 23.3 Å². The van der Waals surface area contributed by atoms with Crippen LogP contribution in [-0.4, -0.2) is 28.8 Å². The fourth-order valence-corrected chi connectivity index (χ4v) is 3.44. The minimum Gasteiger partial charge on any atom is -0.372 e. The lowest BCUT2D eigenvalue weighted by molar-refractivity contribution is 0.102. The molecule has 0 unspecified atom stereocenters. The molecule has 1 fully saturated rings. The Morgan fingerprint density at radius 1 is 1.04 bits per heavy atom. The maximum atomic E-state index is 12.6. The van der Waals surface area contributed by atoms with Crippen LogP contribution >= 0.6 is 0 Å². The molecular weight excluding hydrogens is 336 g/mol. The third kappa shape index (κ3) is 4.03. The molecule has 5 nitrogen and oxygen atoms in total. The zero-order valence-electron chi connectivity index (χ0n) is 15.5. The molecule has 0 radical (unpaired) electrons. The van der Waals surface area contributed by atoms with E-state index in [4.69, 9.17) is 0 Å². The lowest BCUT2D eigenvalue weighted by Gasteiger charge is -2.32. The van der Waals surface area contributed by atoms with Crippen LogP contribution in [0, 0.1) is 5.92 Å². The van der Waals surface area contributed by atoms with Crippen molar-refractivity contribution in [2.45, 2.75) is 19.8 Å². The van der Waals surface area contributed by atoms with Gasteiger partial charge in [0.05, 0.1) is 5.69 Å². The molecule has 0 aliphatic carbocycles. The predicted molar refractivity (Wildman–Crippen MR) is 109 cm³/mol. The number of amides is 1. The summed E-state index contributed by atoms with van der Waals surface area (Å²) in [7, 11) is 0. The average molecular weight is 360 g/mol. The Balaban J connectivity index is 1.43. The highest BCUT2D eigenvalue weighted by Gasteiger charge is 2.16. The fraction of sp³-hybridized carbons (Fsp3) is 0.273. The fourth-order valence-electron chi connectivity index (χ4n) is 3.44. The molecule has 4 rings (SSSR count). The Morgan fingerprint density at radius 3 is 2.52 bits per heavy atom. The molecule has 5 heteroatoms. The summed E-state index contributed by atoms with van der Waals surface area (Å²) in [6, 6.07) is 17.4. The van der Waals surface area contributed by atoms with Gasteiger partial charge in [-0.05, 0) is 67.3 Å². The number of hydrogen-bond acceptors (Lipinski definition) is 3. The van der Waals surface area contributed by atoms with E-state index in [2.05, 4.69) is 22.2 Å². The van der Waals surface area contributed by atoms with Gasteiger partial charge in [0.2, 0.25) is 0 Å². The smallest absolute Gasteiger partial charge is 0.255 e. The Labute approximate surface area is 159 Å². The molecule has 1 aliphatic heterocycles. The Kier molecular flexibility index (Phi) is 4.92. The van der Waals surface area contributed by atoms with Gasteiger partial charge in [0, 0.05) is 42.4 Å². The highest BCUT2D eigenvalue weighted by molar-refractivity contribution is 6.04. The van der Waals surface area contributed by atoms with E-state index in [9.17, 15) is 4.79 Å². The van der Waals surface area contributed by atoms with Gasteiger partial charge in [-0.15, -0.1) is 0 Å². The Hall–Kier alpha value is -3.08. The van der Waals surface area contributed by atoms with Crippen LogP contribution in [-0.2, 0) is 0 Å². The number of hydrogen-bond donors (Lipinski definition) is 1. The maximum absolute atomic E-state index is 12.6. The van der Waals surface area contributed by atoms with Crippen LogP contribution in [0.3, 0.4) is 0 Å². The zero-order chi connectivity index (χ0) is 18.6. The van der Waals surface area contributed by atoms with Gasteiger partial charge >= 0.3 is 0 Å². The largest absolute Gasteiger partial charge is 0.372 e. The lowest BCUT2D eigenvalue weighted by Crippen LogP contribution is -2.32. The van der Waals surface area contributed by atoms with Crippen molar-refractivity contribution < 1.29 is 4.79 Å². The normalized spacial score (nSPS) is 14.9. The molecule has 0 spiro atoms. The van der Waals surface area contributed by atoms with Crippen molar-refractivity contribution in [1.82, 2.24) is 9.78 Å². The monoisotopic (exact) mass is 360 g/mol. The molecule has 1 amide bonds. The number of anilines is 2. The topological polar surface area (TPSA) is 50.2 Å². The molecule has 138 valence electrons. The SMILES string of the molecule is CC1CCN(c2ccc(C(=O)Nc3cccc(-n4cccn4)c3)cc2)CC1. The molecule has 1 N–H and O–H groups in total. The first-order chi connectivity index (χ1) is 13.2. The minimum atomic E-state index is -0.105. The molecule has 0 bridgehead atoms. The second-order valence-electron chi connectivity index (χ2n) is 7.17. The predicted octanol–water partition coefficient (Wildman–Crippen LogP) is 4.36. The number of benzene rings is 2. The van der Waals surface area contributed by atoms with Gasteiger partial charge in [0.1, 0.15) is 0 Å². The van der Waals surface area contributed by atoms with Gasteiger partial charge in [-0.1, -0.05) is 13.0 Å². The first-order valence-electron chi connectivity index (χ1n) is 9.45. The molecular formula is C22H24N4O. The summed E-state index contributed by atoms with van der Waals surface area (Å²) in [5.41, 5.74) is 3.52. The highest BCUT2D eigenvalue weighted by Crippen LogP contribution is 2.23. The van der Waals surface area contributed by atoms with Gasteiger partial charge in [0.15, 0.2) is 0 Å². The van der Waals surface area contributed by atoms with Gasteiger partial charge in [0.25, 0.3) is 5.91 Å². The summed E-state index contributed by atoms with van der Waals surface area (Å²) in [6.45, 7) is 4.49. The number of rotatable bonds is 4. The van der Waals surface area contributed by atoms with E-state index in [0.29, 0.717) is 5.56 Å². The van der Waals surface area contributed by atoms with Crippen LogP contribution < -0.4 is 10.2 Å². The molecule has 1 saturated heterocycles. The molecule has 0 atom stereocenters. The second-order valence-corrected chi connectivity index (χ2v) is 7.17. The molecule has 2 aromatic carbocycles.